The van der Waals surface area contributed by atoms with Gasteiger partial charge in [-0.3, -0.25) is 9.78 Å². The largest absolute Gasteiger partial charge is 0.482 e. The highest BCUT2D eigenvalue weighted by Gasteiger charge is 2.07. The molecule has 1 amide bonds. The van der Waals surface area contributed by atoms with Crippen LogP contribution in [0.15, 0.2) is 47.7 Å². The highest BCUT2D eigenvalue weighted by Crippen LogP contribution is 2.17. The Morgan fingerprint density at radius 1 is 1.32 bits per heavy atom. The Morgan fingerprint density at radius 3 is 3.04 bits per heavy atom. The van der Waals surface area contributed by atoms with Crippen molar-refractivity contribution in [2.45, 2.75) is 20.3 Å². The van der Waals surface area contributed by atoms with Crippen LogP contribution in [0.3, 0.4) is 0 Å². The van der Waals surface area contributed by atoms with E-state index in [4.69, 9.17) is 4.74 Å². The Balaban J connectivity index is 1.57. The van der Waals surface area contributed by atoms with Crippen molar-refractivity contribution in [3.8, 4) is 5.75 Å². The number of hydrogen-bond acceptors (Lipinski definition) is 4. The molecule has 2 N–H and O–H groups in total. The number of carbonyl (C=O) groups excluding carboxylic acids is 1. The molecule has 2 aromatic heterocycles. The van der Waals surface area contributed by atoms with Crippen LogP contribution in [0.1, 0.15) is 23.9 Å². The van der Waals surface area contributed by atoms with Crippen molar-refractivity contribution >= 4 is 23.0 Å². The first-order valence-electron chi connectivity index (χ1n) is 8.14. The van der Waals surface area contributed by atoms with Gasteiger partial charge in [-0.25, -0.2) is 5.43 Å². The molecule has 0 aliphatic heterocycles. The zero-order valence-electron chi connectivity index (χ0n) is 14.2. The fraction of sp³-hybridized carbons (Fsp3) is 0.211. The van der Waals surface area contributed by atoms with Gasteiger partial charge in [0.1, 0.15) is 5.75 Å². The maximum Gasteiger partial charge on any atom is 0.277 e. The minimum Gasteiger partial charge on any atom is -0.482 e. The second-order valence-corrected chi connectivity index (χ2v) is 5.62. The predicted molar refractivity (Wildman–Crippen MR) is 97.9 cm³/mol. The number of rotatable bonds is 6. The van der Waals surface area contributed by atoms with E-state index >= 15 is 0 Å². The molecule has 0 atom stereocenters. The van der Waals surface area contributed by atoms with Gasteiger partial charge in [0.25, 0.3) is 5.91 Å². The zero-order chi connectivity index (χ0) is 17.6. The summed E-state index contributed by atoms with van der Waals surface area (Å²) < 4.78 is 5.55. The zero-order valence-corrected chi connectivity index (χ0v) is 14.2. The molecule has 0 radical (unpaired) electrons. The molecule has 0 spiro atoms. The molecule has 3 aromatic rings. The highest BCUT2D eigenvalue weighted by molar-refractivity contribution is 5.98. The number of H-pyrrole nitrogens is 1. The Morgan fingerprint density at radius 2 is 2.20 bits per heavy atom. The predicted octanol–water partition coefficient (Wildman–Crippen LogP) is 2.96. The molecular formula is C19H20N4O2. The van der Waals surface area contributed by atoms with Gasteiger partial charge in [-0.1, -0.05) is 19.1 Å². The minimum atomic E-state index is -0.319. The summed E-state index contributed by atoms with van der Waals surface area (Å²) in [6.45, 7) is 3.82. The van der Waals surface area contributed by atoms with Crippen LogP contribution in [0.2, 0.25) is 0 Å². The number of nitrogens with zero attached hydrogens (tertiary/aromatic N) is 2. The number of fused-ring (bicyclic) bond motifs is 1. The molecule has 6 nitrogen and oxygen atoms in total. The number of aromatic nitrogens is 2. The Bertz CT molecular complexity index is 915. The number of carbonyl (C=O) groups is 1. The third-order valence-corrected chi connectivity index (χ3v) is 3.79. The fourth-order valence-corrected chi connectivity index (χ4v) is 2.55. The molecule has 0 fully saturated rings. The smallest absolute Gasteiger partial charge is 0.277 e. The average Bonchev–Trinajstić information content (AvgIpc) is 3.10. The highest BCUT2D eigenvalue weighted by atomic mass is 16.5. The van der Waals surface area contributed by atoms with Gasteiger partial charge in [-0.15, -0.1) is 0 Å². The molecule has 6 heteroatoms. The van der Waals surface area contributed by atoms with Crippen molar-refractivity contribution in [3.63, 3.8) is 0 Å². The maximum absolute atomic E-state index is 11.9. The summed E-state index contributed by atoms with van der Waals surface area (Å²) >= 11 is 0. The average molecular weight is 336 g/mol. The van der Waals surface area contributed by atoms with Gasteiger partial charge in [0.15, 0.2) is 6.61 Å². The van der Waals surface area contributed by atoms with Gasteiger partial charge in [-0.2, -0.15) is 5.10 Å². The summed E-state index contributed by atoms with van der Waals surface area (Å²) in [5, 5.41) is 5.06. The molecule has 0 saturated carbocycles. The van der Waals surface area contributed by atoms with E-state index in [1.165, 1.54) is 0 Å². The first kappa shape index (κ1) is 16.7. The summed E-state index contributed by atoms with van der Waals surface area (Å²) in [4.78, 5) is 19.5. The van der Waals surface area contributed by atoms with E-state index in [9.17, 15) is 4.79 Å². The summed E-state index contributed by atoms with van der Waals surface area (Å²) in [5.74, 6) is 0.310. The summed E-state index contributed by atoms with van der Waals surface area (Å²) in [6, 6.07) is 11.5. The van der Waals surface area contributed by atoms with Crippen LogP contribution in [0.5, 0.6) is 5.75 Å². The number of nitrogens with one attached hydrogen (secondary N) is 2. The second kappa shape index (κ2) is 7.61. The number of aryl methyl sites for hydroxylation is 2. The van der Waals surface area contributed by atoms with Gasteiger partial charge in [0.05, 0.1) is 11.9 Å². The van der Waals surface area contributed by atoms with Crippen molar-refractivity contribution in [1.82, 2.24) is 15.4 Å². The lowest BCUT2D eigenvalue weighted by atomic mass is 10.1. The quantitative estimate of drug-likeness (QED) is 0.536. The Labute approximate surface area is 145 Å². The first-order valence-corrected chi connectivity index (χ1v) is 8.14. The van der Waals surface area contributed by atoms with Gasteiger partial charge >= 0.3 is 0 Å². The van der Waals surface area contributed by atoms with Crippen molar-refractivity contribution in [1.29, 1.82) is 0 Å². The number of aromatic amines is 1. The van der Waals surface area contributed by atoms with Gasteiger partial charge in [-0.05, 0) is 37.6 Å². The minimum absolute atomic E-state index is 0.108. The van der Waals surface area contributed by atoms with Crippen LogP contribution in [-0.2, 0) is 11.2 Å². The van der Waals surface area contributed by atoms with Crippen LogP contribution in [0.25, 0.3) is 10.9 Å². The Kier molecular flexibility index (Phi) is 5.09. The van der Waals surface area contributed by atoms with E-state index in [1.807, 2.05) is 56.4 Å². The van der Waals surface area contributed by atoms with Gasteiger partial charge in [0.2, 0.25) is 0 Å². The van der Waals surface area contributed by atoms with Gasteiger partial charge in [0, 0.05) is 28.4 Å². The molecule has 0 unspecified atom stereocenters. The van der Waals surface area contributed by atoms with Crippen molar-refractivity contribution in [2.75, 3.05) is 6.61 Å². The lowest BCUT2D eigenvalue weighted by Crippen LogP contribution is -2.25. The molecule has 0 saturated heterocycles. The number of ether oxygens (including phenoxy) is 1. The normalized spacial score (nSPS) is 11.1. The molecule has 1 aromatic carbocycles. The number of hydrazone groups is 1. The molecule has 128 valence electrons. The number of benzene rings is 1. The van der Waals surface area contributed by atoms with E-state index in [-0.39, 0.29) is 12.5 Å². The topological polar surface area (TPSA) is 79.4 Å². The van der Waals surface area contributed by atoms with Crippen LogP contribution in [0.4, 0.5) is 0 Å². The van der Waals surface area contributed by atoms with Crippen LogP contribution >= 0.6 is 0 Å². The van der Waals surface area contributed by atoms with Gasteiger partial charge < -0.3 is 9.72 Å². The molecule has 2 heterocycles. The van der Waals surface area contributed by atoms with Crippen molar-refractivity contribution in [3.05, 3.63) is 59.5 Å². The first-order chi connectivity index (χ1) is 12.2. The maximum atomic E-state index is 11.9. The van der Waals surface area contributed by atoms with E-state index in [0.29, 0.717) is 5.75 Å². The third kappa shape index (κ3) is 4.03. The van der Waals surface area contributed by atoms with E-state index < -0.39 is 0 Å². The molecular weight excluding hydrogens is 316 g/mol. The number of amides is 1. The van der Waals surface area contributed by atoms with Crippen molar-refractivity contribution < 1.29 is 9.53 Å². The molecule has 25 heavy (non-hydrogen) atoms. The standard InChI is InChI=1S/C19H20N4O2/c1-3-16-18(8-7-13(2)22-16)25-12-19(24)23-21-11-14-5-4-6-17-15(14)9-10-20-17/h4-11,20H,3,12H2,1-2H3,(H,23,24)/b21-11+. The monoisotopic (exact) mass is 336 g/mol. The number of hydrogen-bond donors (Lipinski definition) is 2. The number of pyridine rings is 1. The fourth-order valence-electron chi connectivity index (χ4n) is 2.55. The molecule has 0 aliphatic rings. The summed E-state index contributed by atoms with van der Waals surface area (Å²) in [5.41, 5.74) is 6.21. The van der Waals surface area contributed by atoms with Crippen LogP contribution < -0.4 is 10.2 Å². The Hall–Kier alpha value is -3.15. The van der Waals surface area contributed by atoms with Crippen LogP contribution in [0, 0.1) is 6.92 Å². The van der Waals surface area contributed by atoms with Crippen molar-refractivity contribution in [2.24, 2.45) is 5.10 Å². The summed E-state index contributed by atoms with van der Waals surface area (Å²) in [6.07, 6.45) is 4.24. The molecule has 0 bridgehead atoms. The molecule has 3 rings (SSSR count). The van der Waals surface area contributed by atoms with E-state index in [2.05, 4.69) is 20.5 Å². The SMILES string of the molecule is CCc1nc(C)ccc1OCC(=O)N/N=C/c1cccc2[nH]ccc12. The lowest BCUT2D eigenvalue weighted by Gasteiger charge is -2.09. The summed E-state index contributed by atoms with van der Waals surface area (Å²) in [7, 11) is 0. The lowest BCUT2D eigenvalue weighted by molar-refractivity contribution is -0.123. The molecule has 0 aliphatic carbocycles. The second-order valence-electron chi connectivity index (χ2n) is 5.62. The third-order valence-electron chi connectivity index (χ3n) is 3.79. The van der Waals surface area contributed by atoms with E-state index in [1.54, 1.807) is 6.21 Å². The van der Waals surface area contributed by atoms with E-state index in [0.717, 1.165) is 34.3 Å². The van der Waals surface area contributed by atoms with Crippen LogP contribution in [-0.4, -0.2) is 28.7 Å².